The number of furan rings is 1. The Bertz CT molecular complexity index is 717. The summed E-state index contributed by atoms with van der Waals surface area (Å²) in [6.07, 6.45) is 2.23. The Hall–Kier alpha value is -2.50. The molecule has 0 saturated heterocycles. The first-order chi connectivity index (χ1) is 10.8. The van der Waals surface area contributed by atoms with Crippen LogP contribution in [0.4, 0.5) is 0 Å². The van der Waals surface area contributed by atoms with Gasteiger partial charge in [0.25, 0.3) is 5.91 Å². The molecule has 0 radical (unpaired) electrons. The molecule has 6 heteroatoms. The topological polar surface area (TPSA) is 88.8 Å². The summed E-state index contributed by atoms with van der Waals surface area (Å²) in [6, 6.07) is 4.67. The Kier molecular flexibility index (Phi) is 4.93. The van der Waals surface area contributed by atoms with Crippen molar-refractivity contribution >= 4 is 22.8 Å². The van der Waals surface area contributed by atoms with Crippen molar-refractivity contribution in [1.82, 2.24) is 5.32 Å². The Morgan fingerprint density at radius 1 is 1.35 bits per heavy atom. The summed E-state index contributed by atoms with van der Waals surface area (Å²) in [5.41, 5.74) is 0.821. The fourth-order valence-electron chi connectivity index (χ4n) is 2.06. The third kappa shape index (κ3) is 4.48. The number of carbonyl (C=O) groups excluding carboxylic acids is 2. The minimum atomic E-state index is -0.509. The molecule has 0 saturated carbocycles. The predicted octanol–water partition coefficient (Wildman–Crippen LogP) is 2.53. The van der Waals surface area contributed by atoms with Gasteiger partial charge in [0.15, 0.2) is 6.61 Å². The van der Waals surface area contributed by atoms with Crippen molar-refractivity contribution in [2.45, 2.75) is 39.2 Å². The van der Waals surface area contributed by atoms with Crippen molar-refractivity contribution in [3.8, 4) is 5.75 Å². The predicted molar refractivity (Wildman–Crippen MR) is 85.1 cm³/mol. The summed E-state index contributed by atoms with van der Waals surface area (Å²) in [5.74, 6) is -0.742. The quantitative estimate of drug-likeness (QED) is 0.799. The highest BCUT2D eigenvalue weighted by Gasteiger charge is 2.19. The van der Waals surface area contributed by atoms with E-state index in [2.05, 4.69) is 5.32 Å². The number of aromatic hydroxyl groups is 1. The van der Waals surface area contributed by atoms with Crippen LogP contribution in [-0.2, 0) is 20.7 Å². The van der Waals surface area contributed by atoms with Crippen LogP contribution in [0.25, 0.3) is 11.0 Å². The molecule has 0 aliphatic rings. The molecule has 2 rings (SSSR count). The zero-order chi connectivity index (χ0) is 17.0. The van der Waals surface area contributed by atoms with Gasteiger partial charge in [0.2, 0.25) is 0 Å². The van der Waals surface area contributed by atoms with Gasteiger partial charge in [-0.25, -0.2) is 0 Å². The number of phenolic OH excluding ortho intramolecular Hbond substituents is 1. The number of esters is 1. The van der Waals surface area contributed by atoms with Crippen molar-refractivity contribution in [3.05, 3.63) is 30.0 Å². The number of hydrogen-bond acceptors (Lipinski definition) is 5. The summed E-state index contributed by atoms with van der Waals surface area (Å²) in [4.78, 5) is 23.6. The second-order valence-corrected chi connectivity index (χ2v) is 6.06. The minimum absolute atomic E-state index is 0.00221. The molecule has 0 aliphatic heterocycles. The third-order valence-electron chi connectivity index (χ3n) is 3.70. The van der Waals surface area contributed by atoms with Gasteiger partial charge in [-0.2, -0.15) is 0 Å². The molecular weight excluding hydrogens is 298 g/mol. The smallest absolute Gasteiger partial charge is 0.310 e. The van der Waals surface area contributed by atoms with Crippen LogP contribution in [-0.4, -0.2) is 29.1 Å². The third-order valence-corrected chi connectivity index (χ3v) is 3.70. The number of amides is 1. The second kappa shape index (κ2) is 6.73. The minimum Gasteiger partial charge on any atom is -0.508 e. The number of ether oxygens (including phenoxy) is 1. The van der Waals surface area contributed by atoms with Gasteiger partial charge in [-0.3, -0.25) is 9.59 Å². The van der Waals surface area contributed by atoms with E-state index >= 15 is 0 Å². The number of nitrogens with one attached hydrogen (secondary N) is 1. The first-order valence-corrected chi connectivity index (χ1v) is 7.46. The fourth-order valence-corrected chi connectivity index (χ4v) is 2.06. The van der Waals surface area contributed by atoms with Crippen molar-refractivity contribution in [1.29, 1.82) is 0 Å². The molecule has 1 aromatic heterocycles. The summed E-state index contributed by atoms with van der Waals surface area (Å²) < 4.78 is 10.3. The first kappa shape index (κ1) is 16.9. The lowest BCUT2D eigenvalue weighted by atomic mass is 10.0. The summed E-state index contributed by atoms with van der Waals surface area (Å²) in [7, 11) is 0. The van der Waals surface area contributed by atoms with E-state index in [1.807, 2.05) is 20.8 Å². The zero-order valence-electron chi connectivity index (χ0n) is 13.5. The van der Waals surface area contributed by atoms with Gasteiger partial charge < -0.3 is 19.6 Å². The summed E-state index contributed by atoms with van der Waals surface area (Å²) >= 11 is 0. The van der Waals surface area contributed by atoms with E-state index in [0.29, 0.717) is 11.1 Å². The SMILES string of the molecule is CCC(C)(C)NC(=O)COC(=O)Cc1coc2cc(O)ccc12. The largest absolute Gasteiger partial charge is 0.508 e. The van der Waals surface area contributed by atoms with E-state index in [1.165, 1.54) is 18.4 Å². The van der Waals surface area contributed by atoms with Crippen LogP contribution in [0, 0.1) is 0 Å². The monoisotopic (exact) mass is 319 g/mol. The van der Waals surface area contributed by atoms with Gasteiger partial charge in [-0.1, -0.05) is 6.92 Å². The van der Waals surface area contributed by atoms with Crippen LogP contribution < -0.4 is 5.32 Å². The molecule has 23 heavy (non-hydrogen) atoms. The van der Waals surface area contributed by atoms with Gasteiger partial charge in [-0.05, 0) is 32.4 Å². The van der Waals surface area contributed by atoms with Crippen molar-refractivity contribution in [3.63, 3.8) is 0 Å². The van der Waals surface area contributed by atoms with Crippen molar-refractivity contribution in [2.75, 3.05) is 6.61 Å². The second-order valence-electron chi connectivity index (χ2n) is 6.06. The molecule has 1 amide bonds. The highest BCUT2D eigenvalue weighted by atomic mass is 16.5. The number of benzene rings is 1. The Morgan fingerprint density at radius 2 is 2.09 bits per heavy atom. The molecule has 1 aromatic carbocycles. The van der Waals surface area contributed by atoms with E-state index in [4.69, 9.17) is 9.15 Å². The molecule has 0 unspecified atom stereocenters. The molecule has 0 bridgehead atoms. The number of fused-ring (bicyclic) bond motifs is 1. The van der Waals surface area contributed by atoms with Crippen molar-refractivity contribution in [2.24, 2.45) is 0 Å². The molecular formula is C17H21NO5. The molecule has 0 fully saturated rings. The normalized spacial score (nSPS) is 11.4. The van der Waals surface area contributed by atoms with Gasteiger partial charge in [0.1, 0.15) is 11.3 Å². The molecule has 0 spiro atoms. The maximum Gasteiger partial charge on any atom is 0.310 e. The lowest BCUT2D eigenvalue weighted by molar-refractivity contribution is -0.148. The lowest BCUT2D eigenvalue weighted by Gasteiger charge is -2.24. The average Bonchev–Trinajstić information content (AvgIpc) is 2.87. The van der Waals surface area contributed by atoms with E-state index in [-0.39, 0.29) is 30.2 Å². The molecule has 0 atom stereocenters. The zero-order valence-corrected chi connectivity index (χ0v) is 13.5. The standard InChI is InChI=1S/C17H21NO5/c1-4-17(2,3)18-15(20)10-23-16(21)7-11-9-22-14-8-12(19)5-6-13(11)14/h5-6,8-9,19H,4,7,10H2,1-3H3,(H,18,20). The molecule has 2 N–H and O–H groups in total. The average molecular weight is 319 g/mol. The molecule has 6 nitrogen and oxygen atoms in total. The van der Waals surface area contributed by atoms with E-state index in [1.54, 1.807) is 6.07 Å². The number of phenols is 1. The van der Waals surface area contributed by atoms with Crippen LogP contribution in [0.5, 0.6) is 5.75 Å². The Balaban J connectivity index is 1.90. The van der Waals surface area contributed by atoms with Gasteiger partial charge >= 0.3 is 5.97 Å². The van der Waals surface area contributed by atoms with Crippen LogP contribution in [0.2, 0.25) is 0 Å². The maximum absolute atomic E-state index is 11.9. The van der Waals surface area contributed by atoms with Gasteiger partial charge in [-0.15, -0.1) is 0 Å². The Labute approximate surface area is 134 Å². The van der Waals surface area contributed by atoms with Crippen LogP contribution >= 0.6 is 0 Å². The van der Waals surface area contributed by atoms with E-state index in [0.717, 1.165) is 11.8 Å². The van der Waals surface area contributed by atoms with Gasteiger partial charge in [0, 0.05) is 22.6 Å². The number of hydrogen-bond donors (Lipinski definition) is 2. The lowest BCUT2D eigenvalue weighted by Crippen LogP contribution is -2.44. The number of carbonyl (C=O) groups is 2. The van der Waals surface area contributed by atoms with Crippen LogP contribution in [0.3, 0.4) is 0 Å². The summed E-state index contributed by atoms with van der Waals surface area (Å²) in [5, 5.41) is 12.9. The van der Waals surface area contributed by atoms with E-state index < -0.39 is 5.97 Å². The van der Waals surface area contributed by atoms with Crippen LogP contribution in [0.15, 0.2) is 28.9 Å². The summed E-state index contributed by atoms with van der Waals surface area (Å²) in [6.45, 7) is 5.46. The molecule has 1 heterocycles. The fraction of sp³-hybridized carbons (Fsp3) is 0.412. The van der Waals surface area contributed by atoms with Crippen LogP contribution in [0.1, 0.15) is 32.8 Å². The first-order valence-electron chi connectivity index (χ1n) is 7.46. The molecule has 124 valence electrons. The number of rotatable bonds is 6. The maximum atomic E-state index is 11.9. The molecule has 0 aliphatic carbocycles. The molecule has 2 aromatic rings. The van der Waals surface area contributed by atoms with E-state index in [9.17, 15) is 14.7 Å². The van der Waals surface area contributed by atoms with Crippen molar-refractivity contribution < 1.29 is 23.8 Å². The van der Waals surface area contributed by atoms with Gasteiger partial charge in [0.05, 0.1) is 12.7 Å². The highest BCUT2D eigenvalue weighted by Crippen LogP contribution is 2.25. The Morgan fingerprint density at radius 3 is 2.78 bits per heavy atom. The highest BCUT2D eigenvalue weighted by molar-refractivity contribution is 5.87.